The van der Waals surface area contributed by atoms with Crippen LogP contribution in [0.5, 0.6) is 5.75 Å². The zero-order valence-electron chi connectivity index (χ0n) is 14.5. The second kappa shape index (κ2) is 9.06. The highest BCUT2D eigenvalue weighted by molar-refractivity contribution is 5.29. The van der Waals surface area contributed by atoms with Crippen LogP contribution in [0.15, 0.2) is 24.3 Å². The van der Waals surface area contributed by atoms with Crippen LogP contribution < -0.4 is 10.1 Å². The Kier molecular flexibility index (Phi) is 7.76. The minimum absolute atomic E-state index is 0.347. The average Bonchev–Trinajstić information content (AvgIpc) is 2.45. The van der Waals surface area contributed by atoms with Gasteiger partial charge in [-0.2, -0.15) is 0 Å². The van der Waals surface area contributed by atoms with E-state index in [9.17, 15) is 0 Å². The first-order chi connectivity index (χ1) is 9.97. The minimum Gasteiger partial charge on any atom is -0.494 e. The molecule has 3 nitrogen and oxygen atoms in total. The second-order valence-corrected chi connectivity index (χ2v) is 6.26. The summed E-state index contributed by atoms with van der Waals surface area (Å²) >= 11 is 0. The molecule has 1 rings (SSSR count). The molecular weight excluding hydrogens is 260 g/mol. The molecule has 0 heterocycles. The molecule has 21 heavy (non-hydrogen) atoms. The van der Waals surface area contributed by atoms with Crippen LogP contribution in [-0.2, 0) is 0 Å². The molecule has 0 aliphatic carbocycles. The minimum atomic E-state index is 0.347. The van der Waals surface area contributed by atoms with Crippen molar-refractivity contribution >= 4 is 0 Å². The van der Waals surface area contributed by atoms with Crippen LogP contribution in [0.25, 0.3) is 0 Å². The SMILES string of the molecule is CCOc1ccc(C(CN(C)C(C)CC(C)C)NC)cc1. The van der Waals surface area contributed by atoms with Crippen molar-refractivity contribution in [2.45, 2.75) is 46.2 Å². The van der Waals surface area contributed by atoms with Crippen LogP contribution in [0.4, 0.5) is 0 Å². The van der Waals surface area contributed by atoms with Crippen molar-refractivity contribution in [2.75, 3.05) is 27.2 Å². The Morgan fingerprint density at radius 2 is 1.76 bits per heavy atom. The van der Waals surface area contributed by atoms with Gasteiger partial charge in [-0.3, -0.25) is 0 Å². The van der Waals surface area contributed by atoms with E-state index in [0.29, 0.717) is 18.7 Å². The number of ether oxygens (including phenoxy) is 1. The molecule has 0 radical (unpaired) electrons. The van der Waals surface area contributed by atoms with Crippen molar-refractivity contribution in [3.05, 3.63) is 29.8 Å². The average molecular weight is 292 g/mol. The summed E-state index contributed by atoms with van der Waals surface area (Å²) in [5.41, 5.74) is 1.31. The van der Waals surface area contributed by atoms with Crippen molar-refractivity contribution in [1.29, 1.82) is 0 Å². The van der Waals surface area contributed by atoms with E-state index in [1.807, 2.05) is 14.0 Å². The molecule has 0 aliphatic heterocycles. The Morgan fingerprint density at radius 3 is 2.24 bits per heavy atom. The normalized spacial score (nSPS) is 14.5. The molecule has 3 heteroatoms. The summed E-state index contributed by atoms with van der Waals surface area (Å²) in [6, 6.07) is 9.38. The summed E-state index contributed by atoms with van der Waals surface area (Å²) in [6.45, 7) is 10.6. The van der Waals surface area contributed by atoms with E-state index in [-0.39, 0.29) is 0 Å². The molecule has 0 amide bonds. The standard InChI is InChI=1S/C18H32N2O/c1-7-21-17-10-8-16(9-11-17)18(19-5)13-20(6)15(4)12-14(2)3/h8-11,14-15,18-19H,7,12-13H2,1-6H3. The molecule has 1 aromatic rings. The molecular formula is C18H32N2O. The molecule has 120 valence electrons. The molecule has 2 atom stereocenters. The van der Waals surface area contributed by atoms with Gasteiger partial charge in [0.15, 0.2) is 0 Å². The second-order valence-electron chi connectivity index (χ2n) is 6.26. The first-order valence-corrected chi connectivity index (χ1v) is 8.08. The van der Waals surface area contributed by atoms with E-state index in [1.165, 1.54) is 12.0 Å². The molecule has 0 aromatic heterocycles. The van der Waals surface area contributed by atoms with Gasteiger partial charge in [-0.25, -0.2) is 0 Å². The van der Waals surface area contributed by atoms with Crippen molar-refractivity contribution < 1.29 is 4.74 Å². The van der Waals surface area contributed by atoms with Gasteiger partial charge in [0.2, 0.25) is 0 Å². The Hall–Kier alpha value is -1.06. The summed E-state index contributed by atoms with van der Waals surface area (Å²) in [7, 11) is 4.24. The van der Waals surface area contributed by atoms with Gasteiger partial charge in [0.25, 0.3) is 0 Å². The van der Waals surface area contributed by atoms with Gasteiger partial charge >= 0.3 is 0 Å². The van der Waals surface area contributed by atoms with Crippen molar-refractivity contribution in [2.24, 2.45) is 5.92 Å². The molecule has 1 N–H and O–H groups in total. The lowest BCUT2D eigenvalue weighted by Crippen LogP contribution is -2.37. The Balaban J connectivity index is 2.65. The van der Waals surface area contributed by atoms with Gasteiger partial charge < -0.3 is 15.0 Å². The zero-order valence-corrected chi connectivity index (χ0v) is 14.5. The van der Waals surface area contributed by atoms with Gasteiger partial charge in [0, 0.05) is 18.6 Å². The largest absolute Gasteiger partial charge is 0.494 e. The van der Waals surface area contributed by atoms with Crippen LogP contribution in [0.3, 0.4) is 0 Å². The Labute approximate surface area is 130 Å². The number of benzene rings is 1. The predicted octanol–water partition coefficient (Wildman–Crippen LogP) is 3.71. The summed E-state index contributed by atoms with van der Waals surface area (Å²) < 4.78 is 5.51. The molecule has 0 bridgehead atoms. The lowest BCUT2D eigenvalue weighted by molar-refractivity contribution is 0.208. The Bertz CT molecular complexity index is 389. The van der Waals surface area contributed by atoms with E-state index >= 15 is 0 Å². The quantitative estimate of drug-likeness (QED) is 0.751. The zero-order chi connectivity index (χ0) is 15.8. The highest BCUT2D eigenvalue weighted by Gasteiger charge is 2.17. The van der Waals surface area contributed by atoms with E-state index < -0.39 is 0 Å². The summed E-state index contributed by atoms with van der Waals surface area (Å²) in [4.78, 5) is 2.44. The number of likely N-dealkylation sites (N-methyl/N-ethyl adjacent to an activating group) is 2. The fourth-order valence-electron chi connectivity index (χ4n) is 2.66. The smallest absolute Gasteiger partial charge is 0.119 e. The van der Waals surface area contributed by atoms with Crippen molar-refractivity contribution in [1.82, 2.24) is 10.2 Å². The van der Waals surface area contributed by atoms with Crippen molar-refractivity contribution in [3.63, 3.8) is 0 Å². The molecule has 1 aromatic carbocycles. The maximum Gasteiger partial charge on any atom is 0.119 e. The topological polar surface area (TPSA) is 24.5 Å². The maximum atomic E-state index is 5.51. The van der Waals surface area contributed by atoms with Crippen LogP contribution >= 0.6 is 0 Å². The maximum absolute atomic E-state index is 5.51. The molecule has 0 aliphatic rings. The van der Waals surface area contributed by atoms with E-state index in [1.54, 1.807) is 0 Å². The summed E-state index contributed by atoms with van der Waals surface area (Å²) in [6.07, 6.45) is 1.23. The highest BCUT2D eigenvalue weighted by atomic mass is 16.5. The fourth-order valence-corrected chi connectivity index (χ4v) is 2.66. The molecule has 0 fully saturated rings. The number of hydrogen-bond donors (Lipinski definition) is 1. The third-order valence-electron chi connectivity index (χ3n) is 3.98. The van der Waals surface area contributed by atoms with Crippen molar-refractivity contribution in [3.8, 4) is 5.75 Å². The van der Waals surface area contributed by atoms with Crippen LogP contribution in [-0.4, -0.2) is 38.2 Å². The summed E-state index contributed by atoms with van der Waals surface area (Å²) in [5.74, 6) is 1.68. The van der Waals surface area contributed by atoms with Gasteiger partial charge in [0.1, 0.15) is 5.75 Å². The lowest BCUT2D eigenvalue weighted by atomic mass is 10.0. The Morgan fingerprint density at radius 1 is 1.14 bits per heavy atom. The van der Waals surface area contributed by atoms with E-state index in [0.717, 1.165) is 18.2 Å². The van der Waals surface area contributed by atoms with E-state index in [2.05, 4.69) is 62.3 Å². The molecule has 0 spiro atoms. The molecule has 2 unspecified atom stereocenters. The van der Waals surface area contributed by atoms with E-state index in [4.69, 9.17) is 4.74 Å². The molecule has 0 saturated carbocycles. The van der Waals surface area contributed by atoms with Gasteiger partial charge in [-0.1, -0.05) is 26.0 Å². The molecule has 0 saturated heterocycles. The number of hydrogen-bond acceptors (Lipinski definition) is 3. The predicted molar refractivity (Wildman–Crippen MR) is 91.0 cm³/mol. The lowest BCUT2D eigenvalue weighted by Gasteiger charge is -2.30. The highest BCUT2D eigenvalue weighted by Crippen LogP contribution is 2.20. The first kappa shape index (κ1) is 18.0. The fraction of sp³-hybridized carbons (Fsp3) is 0.667. The van der Waals surface area contributed by atoms with Gasteiger partial charge in [0.05, 0.1) is 6.61 Å². The number of rotatable bonds is 9. The third-order valence-corrected chi connectivity index (χ3v) is 3.98. The van der Waals surface area contributed by atoms with Gasteiger partial charge in [-0.05, 0) is 58.0 Å². The van der Waals surface area contributed by atoms with Crippen LogP contribution in [0, 0.1) is 5.92 Å². The monoisotopic (exact) mass is 292 g/mol. The summed E-state index contributed by atoms with van der Waals surface area (Å²) in [5, 5.41) is 3.43. The number of nitrogens with one attached hydrogen (secondary N) is 1. The van der Waals surface area contributed by atoms with Crippen LogP contribution in [0.1, 0.15) is 45.7 Å². The number of nitrogens with zero attached hydrogens (tertiary/aromatic N) is 1. The third kappa shape index (κ3) is 6.06. The van der Waals surface area contributed by atoms with Gasteiger partial charge in [-0.15, -0.1) is 0 Å². The van der Waals surface area contributed by atoms with Crippen LogP contribution in [0.2, 0.25) is 0 Å². The first-order valence-electron chi connectivity index (χ1n) is 8.08.